The van der Waals surface area contributed by atoms with E-state index in [0.717, 1.165) is 0 Å². The van der Waals surface area contributed by atoms with Gasteiger partial charge in [-0.1, -0.05) is 12.2 Å². The lowest BCUT2D eigenvalue weighted by molar-refractivity contribution is 0.429. The highest BCUT2D eigenvalue weighted by molar-refractivity contribution is 7.82. The third-order valence-corrected chi connectivity index (χ3v) is 1.86. The van der Waals surface area contributed by atoms with Crippen LogP contribution in [-0.2, 0) is 0 Å². The first-order chi connectivity index (χ1) is 5.55. The van der Waals surface area contributed by atoms with E-state index in [9.17, 15) is 5.11 Å². The van der Waals surface area contributed by atoms with Gasteiger partial charge in [0.15, 0.2) is 0 Å². The van der Waals surface area contributed by atoms with Gasteiger partial charge >= 0.3 is 0 Å². The molecule has 2 nitrogen and oxygen atoms in total. The van der Waals surface area contributed by atoms with Gasteiger partial charge in [-0.15, -0.1) is 0 Å². The minimum absolute atomic E-state index is 0.00785. The minimum atomic E-state index is -0.396. The van der Waals surface area contributed by atoms with Crippen molar-refractivity contribution in [2.24, 2.45) is 0 Å². The number of nitriles is 1. The maximum Gasteiger partial charge on any atom is 0.133 e. The molecule has 0 fully saturated rings. The van der Waals surface area contributed by atoms with Gasteiger partial charge in [-0.2, -0.15) is 17.9 Å². The molecule has 0 radical (unpaired) electrons. The van der Waals surface area contributed by atoms with Crippen LogP contribution in [-0.4, -0.2) is 9.85 Å². The second-order valence-electron chi connectivity index (χ2n) is 2.80. The fourth-order valence-electron chi connectivity index (χ4n) is 0.825. The number of hydrogen-bond donors (Lipinski definition) is 2. The number of allylic oxidation sites excluding steroid dienone is 3. The Morgan fingerprint density at radius 2 is 2.08 bits per heavy atom. The summed E-state index contributed by atoms with van der Waals surface area (Å²) in [5, 5.41) is 17.8. The summed E-state index contributed by atoms with van der Waals surface area (Å²) in [5.41, 5.74) is 0.268. The van der Waals surface area contributed by atoms with E-state index in [0.29, 0.717) is 0 Å². The average molecular weight is 179 g/mol. The minimum Gasteiger partial charge on any atom is -0.507 e. The predicted molar refractivity (Wildman–Crippen MR) is 50.9 cm³/mol. The number of hydrogen-bond acceptors (Lipinski definition) is 3. The van der Waals surface area contributed by atoms with Gasteiger partial charge in [0.1, 0.15) is 11.8 Å². The SMILES string of the molecule is CC1(S)C=CC(O)=C(C#N)C=C1. The molecule has 1 unspecified atom stereocenters. The summed E-state index contributed by atoms with van der Waals surface area (Å²) in [6, 6.07) is 1.89. The molecule has 0 saturated heterocycles. The molecule has 0 aromatic heterocycles. The lowest BCUT2D eigenvalue weighted by Gasteiger charge is -2.10. The van der Waals surface area contributed by atoms with Crippen molar-refractivity contribution in [1.29, 1.82) is 5.26 Å². The molecule has 1 aliphatic carbocycles. The first-order valence-electron chi connectivity index (χ1n) is 3.49. The quantitative estimate of drug-likeness (QED) is 0.559. The zero-order chi connectivity index (χ0) is 9.19. The Morgan fingerprint density at radius 3 is 2.67 bits per heavy atom. The van der Waals surface area contributed by atoms with E-state index in [2.05, 4.69) is 12.6 Å². The molecule has 0 saturated carbocycles. The molecule has 0 amide bonds. The van der Waals surface area contributed by atoms with Crippen molar-refractivity contribution in [3.63, 3.8) is 0 Å². The Labute approximate surface area is 76.9 Å². The maximum absolute atomic E-state index is 9.27. The topological polar surface area (TPSA) is 44.0 Å². The summed E-state index contributed by atoms with van der Waals surface area (Å²) in [6.45, 7) is 1.87. The second-order valence-corrected chi connectivity index (χ2v) is 3.77. The van der Waals surface area contributed by atoms with Gasteiger partial charge in [0.25, 0.3) is 0 Å². The van der Waals surface area contributed by atoms with Crippen LogP contribution in [0.1, 0.15) is 6.92 Å². The third-order valence-electron chi connectivity index (χ3n) is 1.56. The molecule has 0 heterocycles. The smallest absolute Gasteiger partial charge is 0.133 e. The van der Waals surface area contributed by atoms with Crippen LogP contribution < -0.4 is 0 Å². The first-order valence-corrected chi connectivity index (χ1v) is 3.94. The van der Waals surface area contributed by atoms with Crippen molar-refractivity contribution >= 4 is 12.6 Å². The summed E-state index contributed by atoms with van der Waals surface area (Å²) >= 11 is 4.29. The number of aliphatic hydroxyl groups excluding tert-OH is 1. The predicted octanol–water partition coefficient (Wildman–Crippen LogP) is 2.14. The van der Waals surface area contributed by atoms with Crippen LogP contribution in [0.5, 0.6) is 0 Å². The van der Waals surface area contributed by atoms with Crippen molar-refractivity contribution in [2.45, 2.75) is 11.7 Å². The van der Waals surface area contributed by atoms with Crippen molar-refractivity contribution in [3.05, 3.63) is 35.6 Å². The monoisotopic (exact) mass is 179 g/mol. The van der Waals surface area contributed by atoms with Crippen molar-refractivity contribution < 1.29 is 5.11 Å². The van der Waals surface area contributed by atoms with E-state index in [1.807, 2.05) is 13.0 Å². The summed E-state index contributed by atoms with van der Waals surface area (Å²) in [5.74, 6) is -0.00785. The number of aliphatic hydroxyl groups is 1. The molecule has 0 aliphatic heterocycles. The Morgan fingerprint density at radius 1 is 1.50 bits per heavy atom. The number of nitrogens with zero attached hydrogens (tertiary/aromatic N) is 1. The standard InChI is InChI=1S/C9H9NOS/c1-9(12)4-2-7(6-10)8(11)3-5-9/h2-5,11-12H,1H3. The lowest BCUT2D eigenvalue weighted by Crippen LogP contribution is -2.06. The fraction of sp³-hybridized carbons (Fsp3) is 0.222. The van der Waals surface area contributed by atoms with Gasteiger partial charge < -0.3 is 5.11 Å². The van der Waals surface area contributed by atoms with Crippen LogP contribution >= 0.6 is 12.6 Å². The van der Waals surface area contributed by atoms with Crippen LogP contribution in [0.4, 0.5) is 0 Å². The number of rotatable bonds is 0. The highest BCUT2D eigenvalue weighted by Gasteiger charge is 2.14. The summed E-state index contributed by atoms with van der Waals surface area (Å²) < 4.78 is -0.396. The molecular formula is C9H9NOS. The van der Waals surface area contributed by atoms with Crippen molar-refractivity contribution in [1.82, 2.24) is 0 Å². The highest BCUT2D eigenvalue weighted by Crippen LogP contribution is 2.22. The molecule has 1 N–H and O–H groups in total. The molecule has 62 valence electrons. The highest BCUT2D eigenvalue weighted by atomic mass is 32.1. The molecule has 1 atom stereocenters. The molecule has 1 aliphatic rings. The van der Waals surface area contributed by atoms with Crippen molar-refractivity contribution in [3.8, 4) is 6.07 Å². The molecule has 0 bridgehead atoms. The molecule has 1 rings (SSSR count). The Balaban J connectivity index is 3.10. The van der Waals surface area contributed by atoms with Crippen LogP contribution in [0.3, 0.4) is 0 Å². The zero-order valence-corrected chi connectivity index (χ0v) is 7.55. The van der Waals surface area contributed by atoms with E-state index in [-0.39, 0.29) is 11.3 Å². The normalized spacial score (nSPS) is 28.4. The second kappa shape index (κ2) is 3.08. The molecule has 0 aromatic rings. The van der Waals surface area contributed by atoms with E-state index in [1.165, 1.54) is 6.08 Å². The third kappa shape index (κ3) is 1.93. The zero-order valence-electron chi connectivity index (χ0n) is 6.65. The summed E-state index contributed by atoms with van der Waals surface area (Å²) in [6.07, 6.45) is 6.55. The maximum atomic E-state index is 9.27. The average Bonchev–Trinajstić information content (AvgIpc) is 2.13. The van der Waals surface area contributed by atoms with Crippen molar-refractivity contribution in [2.75, 3.05) is 0 Å². The Bertz CT molecular complexity index is 318. The molecule has 12 heavy (non-hydrogen) atoms. The molecule has 0 spiro atoms. The summed E-state index contributed by atoms with van der Waals surface area (Å²) in [4.78, 5) is 0. The summed E-state index contributed by atoms with van der Waals surface area (Å²) in [7, 11) is 0. The largest absolute Gasteiger partial charge is 0.507 e. The lowest BCUT2D eigenvalue weighted by atomic mass is 10.1. The molecule has 3 heteroatoms. The van der Waals surface area contributed by atoms with Crippen LogP contribution in [0.15, 0.2) is 35.6 Å². The van der Waals surface area contributed by atoms with Gasteiger partial charge in [-0.25, -0.2) is 0 Å². The van der Waals surface area contributed by atoms with Crippen LogP contribution in [0.25, 0.3) is 0 Å². The van der Waals surface area contributed by atoms with Crippen LogP contribution in [0.2, 0.25) is 0 Å². The molecule has 0 aromatic carbocycles. The van der Waals surface area contributed by atoms with E-state index in [1.54, 1.807) is 18.2 Å². The molecular weight excluding hydrogens is 170 g/mol. The van der Waals surface area contributed by atoms with Gasteiger partial charge in [0.2, 0.25) is 0 Å². The van der Waals surface area contributed by atoms with Gasteiger partial charge in [-0.05, 0) is 19.1 Å². The fourth-order valence-corrected chi connectivity index (χ4v) is 0.974. The van der Waals surface area contributed by atoms with E-state index >= 15 is 0 Å². The van der Waals surface area contributed by atoms with E-state index in [4.69, 9.17) is 5.26 Å². The van der Waals surface area contributed by atoms with Crippen LogP contribution in [0, 0.1) is 11.3 Å². The van der Waals surface area contributed by atoms with Gasteiger partial charge in [0, 0.05) is 4.75 Å². The Hall–Kier alpha value is -1.14. The van der Waals surface area contributed by atoms with Gasteiger partial charge in [-0.3, -0.25) is 0 Å². The Kier molecular flexibility index (Phi) is 2.30. The first kappa shape index (κ1) is 8.95. The van der Waals surface area contributed by atoms with E-state index < -0.39 is 4.75 Å². The number of thiol groups is 1. The van der Waals surface area contributed by atoms with Gasteiger partial charge in [0.05, 0.1) is 5.57 Å².